The molecule has 2 bridgehead atoms. The zero-order valence-corrected chi connectivity index (χ0v) is 21.1. The highest BCUT2D eigenvalue weighted by molar-refractivity contribution is 5.89. The summed E-state index contributed by atoms with van der Waals surface area (Å²) in [6.07, 6.45) is 2.65. The Kier molecular flexibility index (Phi) is 5.16. The fourth-order valence-corrected chi connectivity index (χ4v) is 7.27. The SMILES string of the molecule is Cc1ccc(C2(O)CC3CCC(C2)N3C(=O)OCC2c3ccccc3-c3ccccc32)c2ccccc12. The first kappa shape index (κ1) is 22.6. The number of aliphatic hydroxyl groups is 1. The second-order valence-electron chi connectivity index (χ2n) is 11.0. The number of amides is 1. The van der Waals surface area contributed by atoms with Crippen LogP contribution in [0.25, 0.3) is 21.9 Å². The van der Waals surface area contributed by atoms with E-state index in [4.69, 9.17) is 4.74 Å². The number of aryl methyl sites for hydroxylation is 1. The predicted molar refractivity (Wildman–Crippen MR) is 146 cm³/mol. The fourth-order valence-electron chi connectivity index (χ4n) is 7.27. The van der Waals surface area contributed by atoms with Crippen molar-refractivity contribution in [2.45, 2.75) is 56.2 Å². The molecule has 4 aromatic carbocycles. The molecule has 3 aliphatic rings. The van der Waals surface area contributed by atoms with Crippen molar-refractivity contribution in [1.29, 1.82) is 0 Å². The normalized spacial score (nSPS) is 24.2. The monoisotopic (exact) mass is 489 g/mol. The van der Waals surface area contributed by atoms with Gasteiger partial charge < -0.3 is 14.7 Å². The van der Waals surface area contributed by atoms with Gasteiger partial charge in [-0.3, -0.25) is 0 Å². The van der Waals surface area contributed by atoms with Crippen LogP contribution in [-0.4, -0.2) is 34.8 Å². The lowest BCUT2D eigenvalue weighted by molar-refractivity contribution is -0.0521. The van der Waals surface area contributed by atoms with Crippen LogP contribution in [0.4, 0.5) is 4.79 Å². The van der Waals surface area contributed by atoms with Crippen molar-refractivity contribution in [2.75, 3.05) is 6.61 Å². The van der Waals surface area contributed by atoms with E-state index >= 15 is 0 Å². The molecule has 4 nitrogen and oxygen atoms in total. The average Bonchev–Trinajstić information content (AvgIpc) is 3.39. The molecular formula is C33H31NO3. The number of benzene rings is 4. The molecule has 2 atom stereocenters. The number of carbonyl (C=O) groups excluding carboxylic acids is 1. The highest BCUT2D eigenvalue weighted by atomic mass is 16.6. The Balaban J connectivity index is 1.12. The minimum absolute atomic E-state index is 0.0144. The molecule has 2 aliphatic heterocycles. The topological polar surface area (TPSA) is 49.8 Å². The molecule has 1 N–H and O–H groups in total. The van der Waals surface area contributed by atoms with Crippen molar-refractivity contribution >= 4 is 16.9 Å². The van der Waals surface area contributed by atoms with Crippen LogP contribution in [0.3, 0.4) is 0 Å². The zero-order valence-electron chi connectivity index (χ0n) is 21.1. The van der Waals surface area contributed by atoms with Gasteiger partial charge in [-0.25, -0.2) is 4.79 Å². The maximum Gasteiger partial charge on any atom is 0.410 e. The molecule has 2 saturated heterocycles. The molecule has 4 aromatic rings. The smallest absolute Gasteiger partial charge is 0.410 e. The number of fused-ring (bicyclic) bond motifs is 6. The van der Waals surface area contributed by atoms with Crippen LogP contribution in [0.15, 0.2) is 84.9 Å². The number of nitrogens with zero attached hydrogens (tertiary/aromatic N) is 1. The zero-order chi connectivity index (χ0) is 25.1. The van der Waals surface area contributed by atoms with Gasteiger partial charge in [-0.15, -0.1) is 0 Å². The third-order valence-corrected chi connectivity index (χ3v) is 8.96. The number of carbonyl (C=O) groups is 1. The Morgan fingerprint density at radius 3 is 2.05 bits per heavy atom. The summed E-state index contributed by atoms with van der Waals surface area (Å²) in [4.78, 5) is 15.4. The van der Waals surface area contributed by atoms with Crippen LogP contribution in [0.5, 0.6) is 0 Å². The third kappa shape index (κ3) is 3.50. The van der Waals surface area contributed by atoms with Gasteiger partial charge in [0.25, 0.3) is 0 Å². The minimum atomic E-state index is -0.945. The third-order valence-electron chi connectivity index (χ3n) is 8.96. The van der Waals surface area contributed by atoms with Crippen molar-refractivity contribution in [1.82, 2.24) is 4.90 Å². The molecule has 1 amide bonds. The van der Waals surface area contributed by atoms with Crippen LogP contribution in [0.2, 0.25) is 0 Å². The first-order valence-electron chi connectivity index (χ1n) is 13.4. The predicted octanol–water partition coefficient (Wildman–Crippen LogP) is 6.91. The van der Waals surface area contributed by atoms with E-state index in [1.165, 1.54) is 33.2 Å². The summed E-state index contributed by atoms with van der Waals surface area (Å²) in [6, 6.07) is 29.3. The van der Waals surface area contributed by atoms with Gasteiger partial charge in [0.2, 0.25) is 0 Å². The Bertz CT molecular complexity index is 1470. The lowest BCUT2D eigenvalue weighted by Gasteiger charge is -2.44. The number of hydrogen-bond acceptors (Lipinski definition) is 3. The lowest BCUT2D eigenvalue weighted by Crippen LogP contribution is -2.52. The van der Waals surface area contributed by atoms with Crippen molar-refractivity contribution in [3.8, 4) is 11.1 Å². The van der Waals surface area contributed by atoms with E-state index in [1.54, 1.807) is 0 Å². The molecule has 2 fully saturated rings. The molecule has 0 aromatic heterocycles. The van der Waals surface area contributed by atoms with Gasteiger partial charge in [0.05, 0.1) is 5.60 Å². The standard InChI is InChI=1S/C33H31NO3/c1-21-14-17-31(29-13-7-2-8-24(21)29)33(36)18-22-15-16-23(19-33)34(22)32(35)37-20-30-27-11-5-3-9-25(27)26-10-4-6-12-28(26)30/h2-14,17,22-23,30,36H,15-16,18-20H2,1H3. The number of hydrogen-bond donors (Lipinski definition) is 1. The first-order chi connectivity index (χ1) is 18.0. The van der Waals surface area contributed by atoms with E-state index in [0.29, 0.717) is 19.4 Å². The van der Waals surface area contributed by atoms with Gasteiger partial charge in [0.1, 0.15) is 6.61 Å². The van der Waals surface area contributed by atoms with Crippen LogP contribution in [0, 0.1) is 6.92 Å². The first-order valence-corrected chi connectivity index (χ1v) is 13.4. The van der Waals surface area contributed by atoms with Gasteiger partial charge in [-0.2, -0.15) is 0 Å². The Hall–Kier alpha value is -3.63. The summed E-state index contributed by atoms with van der Waals surface area (Å²) in [5, 5.41) is 14.2. The van der Waals surface area contributed by atoms with Crippen LogP contribution < -0.4 is 0 Å². The maximum atomic E-state index is 13.5. The number of rotatable bonds is 3. The molecule has 4 heteroatoms. The maximum absolute atomic E-state index is 13.5. The number of ether oxygens (including phenoxy) is 1. The molecule has 0 radical (unpaired) electrons. The molecule has 37 heavy (non-hydrogen) atoms. The molecular weight excluding hydrogens is 458 g/mol. The quantitative estimate of drug-likeness (QED) is 0.340. The Labute approximate surface area is 217 Å². The van der Waals surface area contributed by atoms with Crippen LogP contribution in [-0.2, 0) is 10.3 Å². The molecule has 186 valence electrons. The van der Waals surface area contributed by atoms with Gasteiger partial charge in [0, 0.05) is 30.8 Å². The molecule has 0 spiro atoms. The van der Waals surface area contributed by atoms with E-state index in [0.717, 1.165) is 23.8 Å². The number of piperidine rings is 1. The second kappa shape index (κ2) is 8.46. The van der Waals surface area contributed by atoms with Crippen molar-refractivity contribution in [3.05, 3.63) is 107 Å². The molecule has 2 unspecified atom stereocenters. The van der Waals surface area contributed by atoms with Crippen LogP contribution in [0.1, 0.15) is 53.9 Å². The summed E-state index contributed by atoms with van der Waals surface area (Å²) in [7, 11) is 0. The highest BCUT2D eigenvalue weighted by Gasteiger charge is 2.51. The average molecular weight is 490 g/mol. The fraction of sp³-hybridized carbons (Fsp3) is 0.303. The lowest BCUT2D eigenvalue weighted by atomic mass is 9.78. The minimum Gasteiger partial charge on any atom is -0.448 e. The van der Waals surface area contributed by atoms with E-state index in [2.05, 4.69) is 79.7 Å². The summed E-state index contributed by atoms with van der Waals surface area (Å²) in [5.41, 5.74) is 6.15. The van der Waals surface area contributed by atoms with Gasteiger partial charge in [-0.1, -0.05) is 84.9 Å². The molecule has 0 saturated carbocycles. The van der Waals surface area contributed by atoms with E-state index in [9.17, 15) is 9.90 Å². The Morgan fingerprint density at radius 1 is 0.838 bits per heavy atom. The molecule has 7 rings (SSSR count). The Morgan fingerprint density at radius 2 is 1.41 bits per heavy atom. The van der Waals surface area contributed by atoms with Crippen molar-refractivity contribution < 1.29 is 14.6 Å². The molecule has 1 aliphatic carbocycles. The van der Waals surface area contributed by atoms with E-state index in [1.807, 2.05) is 17.0 Å². The summed E-state index contributed by atoms with van der Waals surface area (Å²) < 4.78 is 6.03. The summed E-state index contributed by atoms with van der Waals surface area (Å²) >= 11 is 0. The van der Waals surface area contributed by atoms with Crippen molar-refractivity contribution in [3.63, 3.8) is 0 Å². The summed E-state index contributed by atoms with van der Waals surface area (Å²) in [6.45, 7) is 2.44. The molecule has 2 heterocycles. The van der Waals surface area contributed by atoms with Gasteiger partial charge in [0.15, 0.2) is 0 Å². The van der Waals surface area contributed by atoms with Gasteiger partial charge in [-0.05, 0) is 63.9 Å². The second-order valence-corrected chi connectivity index (χ2v) is 11.0. The van der Waals surface area contributed by atoms with E-state index in [-0.39, 0.29) is 24.1 Å². The van der Waals surface area contributed by atoms with Gasteiger partial charge >= 0.3 is 6.09 Å². The highest BCUT2D eigenvalue weighted by Crippen LogP contribution is 2.48. The van der Waals surface area contributed by atoms with Crippen LogP contribution >= 0.6 is 0 Å². The summed E-state index contributed by atoms with van der Waals surface area (Å²) in [5.74, 6) is 0.0506. The van der Waals surface area contributed by atoms with Crippen molar-refractivity contribution in [2.24, 2.45) is 0 Å². The van der Waals surface area contributed by atoms with E-state index < -0.39 is 5.60 Å². The largest absolute Gasteiger partial charge is 0.448 e.